The highest BCUT2D eigenvalue weighted by atomic mass is 14.4. The molecule has 2 unspecified atom stereocenters. The molecule has 0 N–H and O–H groups in total. The second-order valence-electron chi connectivity index (χ2n) is 9.73. The lowest BCUT2D eigenvalue weighted by atomic mass is 9.66. The summed E-state index contributed by atoms with van der Waals surface area (Å²) in [5, 5.41) is 0. The third-order valence-corrected chi connectivity index (χ3v) is 8.15. The summed E-state index contributed by atoms with van der Waals surface area (Å²) in [7, 11) is 0. The van der Waals surface area contributed by atoms with Crippen LogP contribution < -0.4 is 0 Å². The van der Waals surface area contributed by atoms with Gasteiger partial charge in [0, 0.05) is 5.92 Å². The third kappa shape index (κ3) is 4.58. The van der Waals surface area contributed by atoms with Gasteiger partial charge >= 0.3 is 0 Å². The van der Waals surface area contributed by atoms with Crippen LogP contribution in [0.2, 0.25) is 0 Å². The van der Waals surface area contributed by atoms with E-state index in [1.165, 1.54) is 75.3 Å². The van der Waals surface area contributed by atoms with Crippen LogP contribution in [0.3, 0.4) is 0 Å². The van der Waals surface area contributed by atoms with Crippen LogP contribution in [-0.4, -0.2) is 0 Å². The molecule has 0 aliphatic heterocycles. The van der Waals surface area contributed by atoms with Gasteiger partial charge in [-0.15, -0.1) is 6.58 Å². The van der Waals surface area contributed by atoms with E-state index in [0.717, 1.165) is 29.6 Å². The molecule has 3 aliphatic carbocycles. The summed E-state index contributed by atoms with van der Waals surface area (Å²) in [6.07, 6.45) is 21.8. The first-order valence-corrected chi connectivity index (χ1v) is 11.6. The van der Waals surface area contributed by atoms with Gasteiger partial charge in [0.2, 0.25) is 0 Å². The standard InChI is InChI=1S/C27H38/c1-3-21-6-10-23(11-7-21)25-14-18-27(19-15-25)26-16-12-24(13-17-26)22-8-4-20(2)5-9-22/h3-5,8-9,12,16,21,23-27H,1,6-7,10-11,13-15,17-19H2,2H3. The molecule has 0 aromatic heterocycles. The van der Waals surface area contributed by atoms with E-state index in [9.17, 15) is 0 Å². The molecule has 0 bridgehead atoms. The van der Waals surface area contributed by atoms with Crippen LogP contribution in [0.5, 0.6) is 0 Å². The van der Waals surface area contributed by atoms with Gasteiger partial charge in [0.15, 0.2) is 0 Å². The lowest BCUT2D eigenvalue weighted by Gasteiger charge is -2.40. The number of aryl methyl sites for hydroxylation is 1. The van der Waals surface area contributed by atoms with Crippen molar-refractivity contribution in [2.75, 3.05) is 0 Å². The minimum absolute atomic E-state index is 0.651. The van der Waals surface area contributed by atoms with Gasteiger partial charge in [-0.05, 0) is 106 Å². The molecule has 4 rings (SSSR count). The summed E-state index contributed by atoms with van der Waals surface area (Å²) in [6, 6.07) is 9.19. The van der Waals surface area contributed by atoms with Crippen molar-refractivity contribution in [2.45, 2.75) is 77.0 Å². The molecule has 1 aromatic rings. The first-order valence-electron chi connectivity index (χ1n) is 11.6. The Bertz CT molecular complexity index is 621. The van der Waals surface area contributed by atoms with Crippen molar-refractivity contribution in [3.8, 4) is 0 Å². The van der Waals surface area contributed by atoms with E-state index in [4.69, 9.17) is 0 Å². The Morgan fingerprint density at radius 1 is 0.704 bits per heavy atom. The summed E-state index contributed by atoms with van der Waals surface area (Å²) in [4.78, 5) is 0. The van der Waals surface area contributed by atoms with Crippen LogP contribution in [0.25, 0.3) is 0 Å². The topological polar surface area (TPSA) is 0 Å². The van der Waals surface area contributed by atoms with E-state index in [-0.39, 0.29) is 0 Å². The Labute approximate surface area is 167 Å². The average molecular weight is 363 g/mol. The van der Waals surface area contributed by atoms with Crippen LogP contribution in [0, 0.1) is 36.5 Å². The smallest absolute Gasteiger partial charge is 0.00182 e. The Balaban J connectivity index is 1.26. The maximum absolute atomic E-state index is 4.01. The fraction of sp³-hybridized carbons (Fsp3) is 0.630. The molecule has 2 saturated carbocycles. The first kappa shape index (κ1) is 19.0. The van der Waals surface area contributed by atoms with Gasteiger partial charge in [0.25, 0.3) is 0 Å². The van der Waals surface area contributed by atoms with Gasteiger partial charge in [-0.2, -0.15) is 0 Å². The number of hydrogen-bond donors (Lipinski definition) is 0. The van der Waals surface area contributed by atoms with Crippen molar-refractivity contribution in [3.63, 3.8) is 0 Å². The molecule has 2 atom stereocenters. The molecular weight excluding hydrogens is 324 g/mol. The molecule has 0 spiro atoms. The van der Waals surface area contributed by atoms with Crippen LogP contribution in [-0.2, 0) is 0 Å². The zero-order valence-electron chi connectivity index (χ0n) is 17.3. The Morgan fingerprint density at radius 3 is 1.85 bits per heavy atom. The zero-order chi connectivity index (χ0) is 18.6. The van der Waals surface area contributed by atoms with Gasteiger partial charge in [-0.1, -0.05) is 48.1 Å². The normalized spacial score (nSPS) is 37.1. The molecule has 0 nitrogen and oxygen atoms in total. The number of rotatable bonds is 4. The predicted octanol–water partition coefficient (Wildman–Crippen LogP) is 7.84. The van der Waals surface area contributed by atoms with Crippen LogP contribution >= 0.6 is 0 Å². The number of hydrogen-bond acceptors (Lipinski definition) is 0. The van der Waals surface area contributed by atoms with Gasteiger partial charge in [0.1, 0.15) is 0 Å². The summed E-state index contributed by atoms with van der Waals surface area (Å²) in [6.45, 7) is 6.18. The van der Waals surface area contributed by atoms with E-state index in [2.05, 4.69) is 56.0 Å². The van der Waals surface area contributed by atoms with Crippen molar-refractivity contribution >= 4 is 0 Å². The van der Waals surface area contributed by atoms with Gasteiger partial charge < -0.3 is 0 Å². The summed E-state index contributed by atoms with van der Waals surface area (Å²) < 4.78 is 0. The molecule has 0 heteroatoms. The number of benzene rings is 1. The zero-order valence-corrected chi connectivity index (χ0v) is 17.3. The average Bonchev–Trinajstić information content (AvgIpc) is 2.75. The second kappa shape index (κ2) is 8.80. The Hall–Kier alpha value is -1.30. The van der Waals surface area contributed by atoms with Crippen molar-refractivity contribution in [3.05, 3.63) is 60.2 Å². The van der Waals surface area contributed by atoms with Crippen molar-refractivity contribution in [2.24, 2.45) is 29.6 Å². The van der Waals surface area contributed by atoms with E-state index >= 15 is 0 Å². The molecule has 2 fully saturated rings. The van der Waals surface area contributed by atoms with Gasteiger partial charge in [-0.3, -0.25) is 0 Å². The summed E-state index contributed by atoms with van der Waals surface area (Å²) in [5.74, 6) is 5.32. The quantitative estimate of drug-likeness (QED) is 0.478. The van der Waals surface area contributed by atoms with Gasteiger partial charge in [0.05, 0.1) is 0 Å². The third-order valence-electron chi connectivity index (χ3n) is 8.15. The molecule has 0 heterocycles. The monoisotopic (exact) mass is 362 g/mol. The summed E-state index contributed by atoms with van der Waals surface area (Å²) >= 11 is 0. The molecular formula is C27H38. The maximum Gasteiger partial charge on any atom is 0.00182 e. The highest BCUT2D eigenvalue weighted by molar-refractivity contribution is 5.28. The van der Waals surface area contributed by atoms with E-state index < -0.39 is 0 Å². The predicted molar refractivity (Wildman–Crippen MR) is 117 cm³/mol. The highest BCUT2D eigenvalue weighted by Gasteiger charge is 2.33. The van der Waals surface area contributed by atoms with Crippen molar-refractivity contribution in [1.82, 2.24) is 0 Å². The minimum Gasteiger partial charge on any atom is -0.103 e. The molecule has 1 aromatic carbocycles. The maximum atomic E-state index is 4.01. The fourth-order valence-electron chi connectivity index (χ4n) is 6.22. The lowest BCUT2D eigenvalue weighted by molar-refractivity contribution is 0.137. The highest BCUT2D eigenvalue weighted by Crippen LogP contribution is 2.45. The van der Waals surface area contributed by atoms with Crippen LogP contribution in [0.15, 0.2) is 49.1 Å². The fourth-order valence-corrected chi connectivity index (χ4v) is 6.22. The van der Waals surface area contributed by atoms with Gasteiger partial charge in [-0.25, -0.2) is 0 Å². The van der Waals surface area contributed by atoms with E-state index in [1.807, 2.05) is 0 Å². The second-order valence-corrected chi connectivity index (χ2v) is 9.73. The number of allylic oxidation sites excluding steroid dienone is 3. The SMILES string of the molecule is C=CC1CCC(C2CCC(C3C=CC(c4ccc(C)cc4)CC3)CC2)CC1. The Morgan fingerprint density at radius 2 is 1.30 bits per heavy atom. The van der Waals surface area contributed by atoms with Crippen LogP contribution in [0.1, 0.15) is 81.3 Å². The molecule has 146 valence electrons. The molecule has 0 saturated heterocycles. The molecule has 0 amide bonds. The van der Waals surface area contributed by atoms with Crippen molar-refractivity contribution in [1.29, 1.82) is 0 Å². The summed E-state index contributed by atoms with van der Waals surface area (Å²) in [5.41, 5.74) is 2.88. The minimum atomic E-state index is 0.651. The molecule has 0 radical (unpaired) electrons. The largest absolute Gasteiger partial charge is 0.103 e. The molecule has 3 aliphatic rings. The van der Waals surface area contributed by atoms with Crippen LogP contribution in [0.4, 0.5) is 0 Å². The van der Waals surface area contributed by atoms with E-state index in [1.54, 1.807) is 0 Å². The van der Waals surface area contributed by atoms with E-state index in [0.29, 0.717) is 5.92 Å². The lowest BCUT2D eigenvalue weighted by Crippen LogP contribution is -2.28. The van der Waals surface area contributed by atoms with Crippen molar-refractivity contribution < 1.29 is 0 Å². The first-order chi connectivity index (χ1) is 13.2. The molecule has 27 heavy (non-hydrogen) atoms. The Kier molecular flexibility index (Phi) is 6.21.